The summed E-state index contributed by atoms with van der Waals surface area (Å²) in [5.74, 6) is 0.784. The monoisotopic (exact) mass is 306 g/mol. The third kappa shape index (κ3) is 3.86. The van der Waals surface area contributed by atoms with Crippen LogP contribution in [0.4, 0.5) is 5.69 Å². The summed E-state index contributed by atoms with van der Waals surface area (Å²) in [5, 5.41) is 3.91. The van der Waals surface area contributed by atoms with Gasteiger partial charge in [-0.3, -0.25) is 9.78 Å². The minimum atomic E-state index is -0.0232. The van der Waals surface area contributed by atoms with E-state index >= 15 is 0 Å². The van der Waals surface area contributed by atoms with Gasteiger partial charge in [0, 0.05) is 11.8 Å². The van der Waals surface area contributed by atoms with E-state index in [0.717, 1.165) is 27.9 Å². The number of amides is 1. The van der Waals surface area contributed by atoms with Crippen LogP contribution >= 0.6 is 0 Å². The van der Waals surface area contributed by atoms with E-state index in [2.05, 4.69) is 10.3 Å². The van der Waals surface area contributed by atoms with Crippen molar-refractivity contribution in [1.29, 1.82) is 0 Å². The molecule has 0 radical (unpaired) electrons. The van der Waals surface area contributed by atoms with Gasteiger partial charge in [-0.05, 0) is 36.2 Å². The van der Waals surface area contributed by atoms with Crippen molar-refractivity contribution in [2.24, 2.45) is 0 Å². The molecule has 0 spiro atoms. The van der Waals surface area contributed by atoms with Gasteiger partial charge in [0.05, 0.1) is 24.5 Å². The second-order valence-corrected chi connectivity index (χ2v) is 5.32. The number of fused-ring (bicyclic) bond motifs is 1. The number of rotatable bonds is 5. The third-order valence-corrected chi connectivity index (χ3v) is 3.65. The zero-order valence-corrected chi connectivity index (χ0v) is 13.0. The summed E-state index contributed by atoms with van der Waals surface area (Å²) in [4.78, 5) is 16.5. The first-order valence-electron chi connectivity index (χ1n) is 7.52. The maximum atomic E-state index is 12.1. The Kier molecular flexibility index (Phi) is 4.52. The van der Waals surface area contributed by atoms with Crippen LogP contribution in [0.3, 0.4) is 0 Å². The van der Waals surface area contributed by atoms with Gasteiger partial charge >= 0.3 is 0 Å². The van der Waals surface area contributed by atoms with Crippen molar-refractivity contribution in [1.82, 2.24) is 4.98 Å². The van der Waals surface area contributed by atoms with Crippen LogP contribution in [0.2, 0.25) is 0 Å². The first kappa shape index (κ1) is 15.0. The average Bonchev–Trinajstić information content (AvgIpc) is 2.60. The Bertz CT molecular complexity index is 830. The number of nitrogens with one attached hydrogen (secondary N) is 1. The second-order valence-electron chi connectivity index (χ2n) is 5.32. The smallest absolute Gasteiger partial charge is 0.224 e. The van der Waals surface area contributed by atoms with E-state index in [4.69, 9.17) is 4.74 Å². The van der Waals surface area contributed by atoms with Gasteiger partial charge in [-0.1, -0.05) is 30.3 Å². The zero-order chi connectivity index (χ0) is 16.1. The molecule has 1 N–H and O–H groups in total. The number of hydrogen-bond acceptors (Lipinski definition) is 3. The lowest BCUT2D eigenvalue weighted by molar-refractivity contribution is -0.116. The van der Waals surface area contributed by atoms with Crippen LogP contribution in [-0.2, 0) is 11.2 Å². The van der Waals surface area contributed by atoms with Gasteiger partial charge in [-0.2, -0.15) is 0 Å². The standard InChI is InChI=1S/C19H18N2O2/c1-23-17-7-4-5-14(11-17)9-10-19(22)21-16-12-15-6-2-3-8-18(15)20-13-16/h2-8,11-13H,9-10H2,1H3,(H,21,22). The van der Waals surface area contributed by atoms with Gasteiger partial charge in [0.1, 0.15) is 5.75 Å². The molecule has 1 amide bonds. The Morgan fingerprint density at radius 2 is 2.00 bits per heavy atom. The largest absolute Gasteiger partial charge is 0.497 e. The molecular formula is C19H18N2O2. The predicted molar refractivity (Wildman–Crippen MR) is 91.7 cm³/mol. The van der Waals surface area contributed by atoms with Crippen molar-refractivity contribution in [2.45, 2.75) is 12.8 Å². The molecule has 0 saturated carbocycles. The number of pyridine rings is 1. The highest BCUT2D eigenvalue weighted by Gasteiger charge is 2.05. The van der Waals surface area contributed by atoms with Crippen LogP contribution in [-0.4, -0.2) is 18.0 Å². The van der Waals surface area contributed by atoms with Gasteiger partial charge < -0.3 is 10.1 Å². The lowest BCUT2D eigenvalue weighted by Gasteiger charge is -2.07. The summed E-state index contributed by atoms with van der Waals surface area (Å²) in [7, 11) is 1.64. The Balaban J connectivity index is 1.61. The number of anilines is 1. The highest BCUT2D eigenvalue weighted by Crippen LogP contribution is 2.17. The molecular weight excluding hydrogens is 288 g/mol. The van der Waals surface area contributed by atoms with Crippen LogP contribution in [0.1, 0.15) is 12.0 Å². The Morgan fingerprint density at radius 3 is 2.87 bits per heavy atom. The first-order valence-corrected chi connectivity index (χ1v) is 7.52. The van der Waals surface area contributed by atoms with Crippen molar-refractivity contribution in [2.75, 3.05) is 12.4 Å². The number of para-hydroxylation sites is 1. The van der Waals surface area contributed by atoms with Crippen molar-refractivity contribution >= 4 is 22.5 Å². The Morgan fingerprint density at radius 1 is 1.13 bits per heavy atom. The molecule has 0 aliphatic rings. The van der Waals surface area contributed by atoms with Crippen LogP contribution < -0.4 is 10.1 Å². The summed E-state index contributed by atoms with van der Waals surface area (Å²) >= 11 is 0. The van der Waals surface area contributed by atoms with E-state index in [9.17, 15) is 4.79 Å². The number of ether oxygens (including phenoxy) is 1. The zero-order valence-electron chi connectivity index (χ0n) is 13.0. The number of carbonyl (C=O) groups is 1. The number of methoxy groups -OCH3 is 1. The SMILES string of the molecule is COc1cccc(CCC(=O)Nc2cnc3ccccc3c2)c1. The lowest BCUT2D eigenvalue weighted by Crippen LogP contribution is -2.12. The Labute approximate surface area is 135 Å². The van der Waals surface area contributed by atoms with Crippen LogP contribution in [0.15, 0.2) is 60.8 Å². The molecule has 116 valence electrons. The molecule has 0 aliphatic carbocycles. The maximum absolute atomic E-state index is 12.1. The molecule has 0 saturated heterocycles. The molecule has 3 rings (SSSR count). The summed E-state index contributed by atoms with van der Waals surface area (Å²) in [6, 6.07) is 17.5. The van der Waals surface area contributed by atoms with Crippen LogP contribution in [0, 0.1) is 0 Å². The van der Waals surface area contributed by atoms with Gasteiger partial charge in [0.2, 0.25) is 5.91 Å². The second kappa shape index (κ2) is 6.92. The Hall–Kier alpha value is -2.88. The van der Waals surface area contributed by atoms with E-state index in [1.165, 1.54) is 0 Å². The number of carbonyl (C=O) groups excluding carboxylic acids is 1. The number of hydrogen-bond donors (Lipinski definition) is 1. The van der Waals surface area contributed by atoms with Crippen molar-refractivity contribution < 1.29 is 9.53 Å². The molecule has 2 aromatic carbocycles. The van der Waals surface area contributed by atoms with Gasteiger partial charge in [-0.25, -0.2) is 0 Å². The lowest BCUT2D eigenvalue weighted by atomic mass is 10.1. The summed E-state index contributed by atoms with van der Waals surface area (Å²) in [6.45, 7) is 0. The predicted octanol–water partition coefficient (Wildman–Crippen LogP) is 3.81. The molecule has 1 heterocycles. The quantitative estimate of drug-likeness (QED) is 0.779. The third-order valence-electron chi connectivity index (χ3n) is 3.65. The average molecular weight is 306 g/mol. The fourth-order valence-corrected chi connectivity index (χ4v) is 2.45. The molecule has 23 heavy (non-hydrogen) atoms. The first-order chi connectivity index (χ1) is 11.2. The molecule has 1 aromatic heterocycles. The van der Waals surface area contributed by atoms with E-state index in [0.29, 0.717) is 12.8 Å². The van der Waals surface area contributed by atoms with Crippen LogP contribution in [0.25, 0.3) is 10.9 Å². The number of nitrogens with zero attached hydrogens (tertiary/aromatic N) is 1. The number of aromatic nitrogens is 1. The topological polar surface area (TPSA) is 51.2 Å². The fourth-order valence-electron chi connectivity index (χ4n) is 2.45. The van der Waals surface area contributed by atoms with Gasteiger partial charge in [0.25, 0.3) is 0 Å². The molecule has 0 bridgehead atoms. The highest BCUT2D eigenvalue weighted by atomic mass is 16.5. The minimum Gasteiger partial charge on any atom is -0.497 e. The van der Waals surface area contributed by atoms with E-state index in [-0.39, 0.29) is 5.91 Å². The summed E-state index contributed by atoms with van der Waals surface area (Å²) < 4.78 is 5.19. The van der Waals surface area contributed by atoms with Gasteiger partial charge in [-0.15, -0.1) is 0 Å². The normalized spacial score (nSPS) is 10.5. The van der Waals surface area contributed by atoms with E-state index in [1.54, 1.807) is 13.3 Å². The molecule has 0 atom stereocenters. The highest BCUT2D eigenvalue weighted by molar-refractivity contribution is 5.93. The number of aryl methyl sites for hydroxylation is 1. The van der Waals surface area contributed by atoms with Crippen molar-refractivity contribution in [3.05, 3.63) is 66.4 Å². The van der Waals surface area contributed by atoms with E-state index in [1.807, 2.05) is 54.6 Å². The van der Waals surface area contributed by atoms with E-state index < -0.39 is 0 Å². The minimum absolute atomic E-state index is 0.0232. The molecule has 0 fully saturated rings. The maximum Gasteiger partial charge on any atom is 0.224 e. The molecule has 0 aliphatic heterocycles. The van der Waals surface area contributed by atoms with Gasteiger partial charge in [0.15, 0.2) is 0 Å². The fraction of sp³-hybridized carbons (Fsp3) is 0.158. The molecule has 4 nitrogen and oxygen atoms in total. The summed E-state index contributed by atoms with van der Waals surface area (Å²) in [6.07, 6.45) is 2.77. The molecule has 3 aromatic rings. The van der Waals surface area contributed by atoms with Crippen molar-refractivity contribution in [3.63, 3.8) is 0 Å². The summed E-state index contributed by atoms with van der Waals surface area (Å²) in [5.41, 5.74) is 2.72. The van der Waals surface area contributed by atoms with Crippen molar-refractivity contribution in [3.8, 4) is 5.75 Å². The number of benzene rings is 2. The molecule has 0 unspecified atom stereocenters. The molecule has 4 heteroatoms. The van der Waals surface area contributed by atoms with Crippen LogP contribution in [0.5, 0.6) is 5.75 Å².